The number of amides is 3. The molecule has 0 spiro atoms. The Hall–Kier alpha value is -4.53. The van der Waals surface area contributed by atoms with E-state index in [1.807, 2.05) is 0 Å². The zero-order chi connectivity index (χ0) is 22.1. The summed E-state index contributed by atoms with van der Waals surface area (Å²) in [5.74, 6) is -1.19. The van der Waals surface area contributed by atoms with Gasteiger partial charge in [0.2, 0.25) is 0 Å². The Bertz CT molecular complexity index is 1200. The molecule has 3 aromatic carbocycles. The summed E-state index contributed by atoms with van der Waals surface area (Å²) in [6.45, 7) is 0. The van der Waals surface area contributed by atoms with Gasteiger partial charge in [0.25, 0.3) is 23.4 Å². The molecule has 1 aliphatic heterocycles. The Morgan fingerprint density at radius 2 is 1.58 bits per heavy atom. The van der Waals surface area contributed by atoms with Gasteiger partial charge in [-0.05, 0) is 42.5 Å². The molecule has 1 N–H and O–H groups in total. The quantitative estimate of drug-likeness (QED) is 0.384. The number of rotatable bonds is 5. The third-order valence-electron chi connectivity index (χ3n) is 4.83. The van der Waals surface area contributed by atoms with Crippen molar-refractivity contribution in [3.05, 3.63) is 93.5 Å². The monoisotopic (exact) mass is 417 g/mol. The van der Waals surface area contributed by atoms with E-state index in [0.717, 1.165) is 4.90 Å². The average molecular weight is 417 g/mol. The summed E-state index contributed by atoms with van der Waals surface area (Å²) in [5.41, 5.74) is 1.37. The first-order chi connectivity index (χ1) is 14.9. The molecule has 0 saturated heterocycles. The van der Waals surface area contributed by atoms with Crippen LogP contribution in [-0.2, 0) is 0 Å². The molecule has 1 aliphatic rings. The average Bonchev–Trinajstić information content (AvgIpc) is 3.04. The van der Waals surface area contributed by atoms with E-state index < -0.39 is 22.6 Å². The van der Waals surface area contributed by atoms with Crippen molar-refractivity contribution < 1.29 is 24.0 Å². The SMILES string of the molecule is COc1cc([N+](=O)[O-])ccc1NC(=O)c1ccc(N2C(=O)c3ccccc3C2=O)cc1. The number of nitrogens with one attached hydrogen (secondary N) is 1. The smallest absolute Gasteiger partial charge is 0.273 e. The molecule has 4 rings (SSSR count). The Labute approximate surface area is 176 Å². The Balaban J connectivity index is 1.54. The maximum Gasteiger partial charge on any atom is 0.273 e. The van der Waals surface area contributed by atoms with Crippen molar-refractivity contribution in [2.45, 2.75) is 0 Å². The fourth-order valence-corrected chi connectivity index (χ4v) is 3.28. The number of ether oxygens (including phenoxy) is 1. The van der Waals surface area contributed by atoms with Crippen LogP contribution in [0.3, 0.4) is 0 Å². The van der Waals surface area contributed by atoms with E-state index in [-0.39, 0.29) is 22.7 Å². The number of carbonyl (C=O) groups is 3. The van der Waals surface area contributed by atoms with Crippen molar-refractivity contribution in [1.29, 1.82) is 0 Å². The van der Waals surface area contributed by atoms with Crippen LogP contribution in [0.15, 0.2) is 66.7 Å². The number of benzene rings is 3. The van der Waals surface area contributed by atoms with Crippen molar-refractivity contribution in [1.82, 2.24) is 0 Å². The Morgan fingerprint density at radius 3 is 2.13 bits per heavy atom. The molecule has 3 aromatic rings. The summed E-state index contributed by atoms with van der Waals surface area (Å²) in [6.07, 6.45) is 0. The molecule has 0 bridgehead atoms. The highest BCUT2D eigenvalue weighted by molar-refractivity contribution is 6.34. The lowest BCUT2D eigenvalue weighted by Gasteiger charge is -2.14. The van der Waals surface area contributed by atoms with Crippen molar-refractivity contribution >= 4 is 34.8 Å². The second-order valence-corrected chi connectivity index (χ2v) is 6.63. The molecular weight excluding hydrogens is 402 g/mol. The third kappa shape index (κ3) is 3.48. The minimum atomic E-state index is -0.563. The lowest BCUT2D eigenvalue weighted by atomic mass is 10.1. The van der Waals surface area contributed by atoms with E-state index >= 15 is 0 Å². The third-order valence-corrected chi connectivity index (χ3v) is 4.83. The number of nitro benzene ring substituents is 1. The number of fused-ring (bicyclic) bond motifs is 1. The first-order valence-electron chi connectivity index (χ1n) is 9.12. The maximum atomic E-state index is 12.6. The van der Waals surface area contributed by atoms with E-state index in [0.29, 0.717) is 16.8 Å². The molecule has 1 heterocycles. The molecule has 154 valence electrons. The highest BCUT2D eigenvalue weighted by atomic mass is 16.6. The minimum absolute atomic E-state index is 0.144. The minimum Gasteiger partial charge on any atom is -0.494 e. The molecule has 0 atom stereocenters. The first kappa shape index (κ1) is 19.8. The number of hydrogen-bond acceptors (Lipinski definition) is 6. The largest absolute Gasteiger partial charge is 0.494 e. The summed E-state index contributed by atoms with van der Waals surface area (Å²) < 4.78 is 5.11. The van der Waals surface area contributed by atoms with Crippen LogP contribution in [0.4, 0.5) is 17.1 Å². The zero-order valence-corrected chi connectivity index (χ0v) is 16.2. The summed E-state index contributed by atoms with van der Waals surface area (Å²) in [6, 6.07) is 16.4. The van der Waals surface area contributed by atoms with Gasteiger partial charge < -0.3 is 10.1 Å². The number of imide groups is 1. The van der Waals surface area contributed by atoms with Crippen molar-refractivity contribution in [3.63, 3.8) is 0 Å². The topological polar surface area (TPSA) is 119 Å². The van der Waals surface area contributed by atoms with Crippen molar-refractivity contribution in [3.8, 4) is 5.75 Å². The number of methoxy groups -OCH3 is 1. The number of nitro groups is 1. The van der Waals surface area contributed by atoms with Crippen LogP contribution in [0.1, 0.15) is 31.1 Å². The van der Waals surface area contributed by atoms with E-state index in [1.54, 1.807) is 24.3 Å². The van der Waals surface area contributed by atoms with E-state index in [9.17, 15) is 24.5 Å². The van der Waals surface area contributed by atoms with Gasteiger partial charge in [0.05, 0.1) is 40.6 Å². The highest BCUT2D eigenvalue weighted by Gasteiger charge is 2.36. The molecule has 9 heteroatoms. The number of carbonyl (C=O) groups excluding carboxylic acids is 3. The molecule has 0 unspecified atom stereocenters. The predicted octanol–water partition coefficient (Wildman–Crippen LogP) is 3.66. The molecule has 0 aromatic heterocycles. The van der Waals surface area contributed by atoms with Crippen LogP contribution in [0.5, 0.6) is 5.75 Å². The fourth-order valence-electron chi connectivity index (χ4n) is 3.28. The summed E-state index contributed by atoms with van der Waals surface area (Å²) >= 11 is 0. The van der Waals surface area contributed by atoms with Gasteiger partial charge in [-0.3, -0.25) is 24.5 Å². The van der Waals surface area contributed by atoms with Crippen molar-refractivity contribution in [2.75, 3.05) is 17.3 Å². The lowest BCUT2D eigenvalue weighted by molar-refractivity contribution is -0.384. The number of anilines is 2. The van der Waals surface area contributed by atoms with Crippen LogP contribution < -0.4 is 15.0 Å². The van der Waals surface area contributed by atoms with E-state index in [4.69, 9.17) is 4.74 Å². The molecule has 0 saturated carbocycles. The zero-order valence-electron chi connectivity index (χ0n) is 16.2. The van der Waals surface area contributed by atoms with Crippen LogP contribution in [-0.4, -0.2) is 29.8 Å². The van der Waals surface area contributed by atoms with Gasteiger partial charge in [-0.25, -0.2) is 4.90 Å². The standard InChI is InChI=1S/C22H15N3O6/c1-31-19-12-15(25(29)30)10-11-18(19)23-20(26)13-6-8-14(9-7-13)24-21(27)16-4-2-3-5-17(16)22(24)28/h2-12H,1H3,(H,23,26). The van der Waals surface area contributed by atoms with Gasteiger partial charge >= 0.3 is 0 Å². The van der Waals surface area contributed by atoms with Gasteiger partial charge in [0.1, 0.15) is 5.75 Å². The normalized spacial score (nSPS) is 12.5. The molecule has 0 radical (unpaired) electrons. The molecule has 0 fully saturated rings. The van der Waals surface area contributed by atoms with Gasteiger partial charge in [0.15, 0.2) is 0 Å². The van der Waals surface area contributed by atoms with Crippen molar-refractivity contribution in [2.24, 2.45) is 0 Å². The highest BCUT2D eigenvalue weighted by Crippen LogP contribution is 2.30. The van der Waals surface area contributed by atoms with Crippen LogP contribution in [0.2, 0.25) is 0 Å². The second-order valence-electron chi connectivity index (χ2n) is 6.63. The van der Waals surface area contributed by atoms with Crippen LogP contribution >= 0.6 is 0 Å². The Morgan fingerprint density at radius 1 is 0.968 bits per heavy atom. The van der Waals surface area contributed by atoms with Gasteiger partial charge in [-0.15, -0.1) is 0 Å². The first-order valence-corrected chi connectivity index (χ1v) is 9.12. The maximum absolute atomic E-state index is 12.6. The molecular formula is C22H15N3O6. The van der Waals surface area contributed by atoms with E-state index in [2.05, 4.69) is 5.32 Å². The molecule has 31 heavy (non-hydrogen) atoms. The number of nitrogens with zero attached hydrogens (tertiary/aromatic N) is 2. The van der Waals surface area contributed by atoms with Gasteiger partial charge in [-0.1, -0.05) is 12.1 Å². The van der Waals surface area contributed by atoms with Crippen LogP contribution in [0.25, 0.3) is 0 Å². The second kappa shape index (κ2) is 7.71. The lowest BCUT2D eigenvalue weighted by Crippen LogP contribution is -2.29. The van der Waals surface area contributed by atoms with E-state index in [1.165, 1.54) is 49.6 Å². The summed E-state index contributed by atoms with van der Waals surface area (Å²) in [5, 5.41) is 13.5. The molecule has 3 amide bonds. The number of non-ortho nitro benzene ring substituents is 1. The summed E-state index contributed by atoms with van der Waals surface area (Å²) in [4.78, 5) is 49.1. The number of hydrogen-bond donors (Lipinski definition) is 1. The molecule has 9 nitrogen and oxygen atoms in total. The Kier molecular flexibility index (Phi) is 4.92. The van der Waals surface area contributed by atoms with Crippen LogP contribution in [0, 0.1) is 10.1 Å². The summed E-state index contributed by atoms with van der Waals surface area (Å²) in [7, 11) is 1.34. The van der Waals surface area contributed by atoms with Gasteiger partial charge in [0, 0.05) is 11.6 Å². The van der Waals surface area contributed by atoms with Gasteiger partial charge in [-0.2, -0.15) is 0 Å². The predicted molar refractivity (Wildman–Crippen MR) is 112 cm³/mol. The molecule has 0 aliphatic carbocycles. The fraction of sp³-hybridized carbons (Fsp3) is 0.0455.